The lowest BCUT2D eigenvalue weighted by Gasteiger charge is -2.06. The van der Waals surface area contributed by atoms with Gasteiger partial charge in [0.2, 0.25) is 5.88 Å². The molecule has 0 saturated carbocycles. The van der Waals surface area contributed by atoms with Crippen LogP contribution in [0.3, 0.4) is 0 Å². The third-order valence-corrected chi connectivity index (χ3v) is 2.15. The van der Waals surface area contributed by atoms with Gasteiger partial charge in [-0.1, -0.05) is 6.07 Å². The molecule has 1 aromatic rings. The number of nitrogens with zero attached hydrogens (tertiary/aromatic N) is 1. The van der Waals surface area contributed by atoms with E-state index in [2.05, 4.69) is 10.3 Å². The van der Waals surface area contributed by atoms with Gasteiger partial charge in [0.15, 0.2) is 0 Å². The van der Waals surface area contributed by atoms with Crippen LogP contribution in [0.5, 0.6) is 5.88 Å². The van der Waals surface area contributed by atoms with Gasteiger partial charge in [-0.3, -0.25) is 0 Å². The van der Waals surface area contributed by atoms with Crippen LogP contribution in [0, 0.1) is 0 Å². The molecule has 1 rings (SSSR count). The number of hydrogen-bond acceptors (Lipinski definition) is 5. The van der Waals surface area contributed by atoms with Crippen molar-refractivity contribution < 1.29 is 14.2 Å². The Kier molecular flexibility index (Phi) is 7.29. The smallest absolute Gasteiger partial charge is 0.213 e. The van der Waals surface area contributed by atoms with Gasteiger partial charge in [0.1, 0.15) is 0 Å². The summed E-state index contributed by atoms with van der Waals surface area (Å²) in [7, 11) is 3.28. The minimum Gasteiger partial charge on any atom is -0.481 e. The number of rotatable bonds is 9. The maximum Gasteiger partial charge on any atom is 0.213 e. The molecule has 0 bridgehead atoms. The molecule has 0 spiro atoms. The summed E-state index contributed by atoms with van der Waals surface area (Å²) < 4.78 is 15.2. The molecule has 5 nitrogen and oxygen atoms in total. The SMILES string of the molecule is COCCOCCNCc1cccc(OC)n1. The Balaban J connectivity index is 2.09. The van der Waals surface area contributed by atoms with E-state index in [1.165, 1.54) is 0 Å². The van der Waals surface area contributed by atoms with E-state index in [0.717, 1.165) is 12.2 Å². The number of ether oxygens (including phenoxy) is 3. The first-order valence-corrected chi connectivity index (χ1v) is 5.64. The van der Waals surface area contributed by atoms with Crippen LogP contribution < -0.4 is 10.1 Å². The van der Waals surface area contributed by atoms with E-state index in [1.54, 1.807) is 14.2 Å². The molecular formula is C12H20N2O3. The van der Waals surface area contributed by atoms with Gasteiger partial charge in [-0.15, -0.1) is 0 Å². The summed E-state index contributed by atoms with van der Waals surface area (Å²) in [5, 5.41) is 3.25. The maximum absolute atomic E-state index is 5.32. The van der Waals surface area contributed by atoms with Crippen molar-refractivity contribution in [3.8, 4) is 5.88 Å². The quantitative estimate of drug-likeness (QED) is 0.648. The van der Waals surface area contributed by atoms with Crippen LogP contribution in [-0.4, -0.2) is 45.6 Å². The zero-order valence-corrected chi connectivity index (χ0v) is 10.4. The predicted octanol–water partition coefficient (Wildman–Crippen LogP) is 0.843. The lowest BCUT2D eigenvalue weighted by atomic mass is 10.3. The number of methoxy groups -OCH3 is 2. The Bertz CT molecular complexity index is 308. The van der Waals surface area contributed by atoms with Crippen LogP contribution in [0.4, 0.5) is 0 Å². The minimum atomic E-state index is 0.635. The van der Waals surface area contributed by atoms with Crippen LogP contribution in [0.15, 0.2) is 18.2 Å². The van der Waals surface area contributed by atoms with E-state index in [-0.39, 0.29) is 0 Å². The van der Waals surface area contributed by atoms with Crippen LogP contribution in [-0.2, 0) is 16.0 Å². The molecule has 5 heteroatoms. The van der Waals surface area contributed by atoms with Crippen molar-refractivity contribution in [2.75, 3.05) is 40.6 Å². The molecule has 0 unspecified atom stereocenters. The number of nitrogens with one attached hydrogen (secondary N) is 1. The van der Waals surface area contributed by atoms with Crippen molar-refractivity contribution in [2.45, 2.75) is 6.54 Å². The summed E-state index contributed by atoms with van der Waals surface area (Å²) in [6.45, 7) is 3.45. The molecule has 0 atom stereocenters. The summed E-state index contributed by atoms with van der Waals surface area (Å²) in [6, 6.07) is 5.72. The maximum atomic E-state index is 5.32. The molecule has 96 valence electrons. The standard InChI is InChI=1S/C12H20N2O3/c1-15-8-9-17-7-6-13-10-11-4-3-5-12(14-11)16-2/h3-5,13H,6-10H2,1-2H3. The molecular weight excluding hydrogens is 220 g/mol. The second-order valence-electron chi connectivity index (χ2n) is 3.45. The molecule has 1 heterocycles. The summed E-state index contributed by atoms with van der Waals surface area (Å²) in [6.07, 6.45) is 0. The Hall–Kier alpha value is -1.17. The van der Waals surface area contributed by atoms with Gasteiger partial charge in [-0.2, -0.15) is 0 Å². The highest BCUT2D eigenvalue weighted by Gasteiger charge is 1.96. The van der Waals surface area contributed by atoms with E-state index in [0.29, 0.717) is 32.2 Å². The third kappa shape index (κ3) is 6.21. The lowest BCUT2D eigenvalue weighted by Crippen LogP contribution is -2.20. The van der Waals surface area contributed by atoms with E-state index in [4.69, 9.17) is 14.2 Å². The zero-order valence-electron chi connectivity index (χ0n) is 10.4. The number of aromatic nitrogens is 1. The fraction of sp³-hybridized carbons (Fsp3) is 0.583. The van der Waals surface area contributed by atoms with Crippen molar-refractivity contribution in [1.82, 2.24) is 10.3 Å². The average molecular weight is 240 g/mol. The molecule has 0 saturated heterocycles. The zero-order chi connectivity index (χ0) is 12.3. The third-order valence-electron chi connectivity index (χ3n) is 2.15. The first-order chi connectivity index (χ1) is 8.36. The molecule has 0 amide bonds. The van der Waals surface area contributed by atoms with Gasteiger partial charge >= 0.3 is 0 Å². The van der Waals surface area contributed by atoms with Crippen LogP contribution in [0.2, 0.25) is 0 Å². The Morgan fingerprint density at radius 3 is 2.82 bits per heavy atom. The first kappa shape index (κ1) is 13.9. The summed E-state index contributed by atoms with van der Waals surface area (Å²) in [4.78, 5) is 4.29. The van der Waals surface area contributed by atoms with Crippen molar-refractivity contribution in [3.63, 3.8) is 0 Å². The highest BCUT2D eigenvalue weighted by molar-refractivity contribution is 5.15. The van der Waals surface area contributed by atoms with Crippen LogP contribution in [0.25, 0.3) is 0 Å². The summed E-state index contributed by atoms with van der Waals surface area (Å²) in [5.74, 6) is 0.639. The van der Waals surface area contributed by atoms with E-state index in [9.17, 15) is 0 Å². The molecule has 0 aliphatic carbocycles. The first-order valence-electron chi connectivity index (χ1n) is 5.64. The Morgan fingerprint density at radius 2 is 2.06 bits per heavy atom. The highest BCUT2D eigenvalue weighted by atomic mass is 16.5. The largest absolute Gasteiger partial charge is 0.481 e. The fourth-order valence-electron chi connectivity index (χ4n) is 1.27. The number of pyridine rings is 1. The molecule has 0 aliphatic heterocycles. The normalized spacial score (nSPS) is 10.5. The molecule has 1 N–H and O–H groups in total. The van der Waals surface area contributed by atoms with Gasteiger partial charge in [0, 0.05) is 26.3 Å². The monoisotopic (exact) mass is 240 g/mol. The second-order valence-corrected chi connectivity index (χ2v) is 3.45. The molecule has 1 aromatic heterocycles. The molecule has 0 aromatic carbocycles. The van der Waals surface area contributed by atoms with Gasteiger partial charge in [-0.25, -0.2) is 4.98 Å². The minimum absolute atomic E-state index is 0.635. The van der Waals surface area contributed by atoms with Crippen LogP contribution >= 0.6 is 0 Å². The average Bonchev–Trinajstić information content (AvgIpc) is 2.38. The van der Waals surface area contributed by atoms with Crippen molar-refractivity contribution in [3.05, 3.63) is 23.9 Å². The van der Waals surface area contributed by atoms with Gasteiger partial charge in [0.05, 0.1) is 32.6 Å². The van der Waals surface area contributed by atoms with Crippen molar-refractivity contribution in [1.29, 1.82) is 0 Å². The van der Waals surface area contributed by atoms with Gasteiger partial charge < -0.3 is 19.5 Å². The van der Waals surface area contributed by atoms with Gasteiger partial charge in [-0.05, 0) is 6.07 Å². The summed E-state index contributed by atoms with van der Waals surface area (Å²) >= 11 is 0. The van der Waals surface area contributed by atoms with Crippen molar-refractivity contribution in [2.24, 2.45) is 0 Å². The Labute approximate surface area is 102 Å². The van der Waals surface area contributed by atoms with E-state index < -0.39 is 0 Å². The topological polar surface area (TPSA) is 52.6 Å². The van der Waals surface area contributed by atoms with Gasteiger partial charge in [0.25, 0.3) is 0 Å². The molecule has 0 radical (unpaired) electrons. The van der Waals surface area contributed by atoms with Crippen molar-refractivity contribution >= 4 is 0 Å². The molecule has 17 heavy (non-hydrogen) atoms. The lowest BCUT2D eigenvalue weighted by molar-refractivity contribution is 0.0719. The second kappa shape index (κ2) is 8.92. The predicted molar refractivity (Wildman–Crippen MR) is 65.2 cm³/mol. The highest BCUT2D eigenvalue weighted by Crippen LogP contribution is 2.05. The molecule has 0 fully saturated rings. The van der Waals surface area contributed by atoms with E-state index in [1.807, 2.05) is 18.2 Å². The Morgan fingerprint density at radius 1 is 1.18 bits per heavy atom. The number of hydrogen-bond donors (Lipinski definition) is 1. The fourth-order valence-corrected chi connectivity index (χ4v) is 1.27. The van der Waals surface area contributed by atoms with Crippen LogP contribution in [0.1, 0.15) is 5.69 Å². The molecule has 0 aliphatic rings. The summed E-state index contributed by atoms with van der Waals surface area (Å²) in [5.41, 5.74) is 0.959. The van der Waals surface area contributed by atoms with E-state index >= 15 is 0 Å².